The van der Waals surface area contributed by atoms with Gasteiger partial charge in [0.05, 0.1) is 12.1 Å². The van der Waals surface area contributed by atoms with Gasteiger partial charge in [-0.2, -0.15) is 13.2 Å². The van der Waals surface area contributed by atoms with Gasteiger partial charge in [-0.1, -0.05) is 29.3 Å². The van der Waals surface area contributed by atoms with Gasteiger partial charge in [0.25, 0.3) is 5.91 Å². The second-order valence-electron chi connectivity index (χ2n) is 8.70. The molecule has 0 bridgehead atoms. The van der Waals surface area contributed by atoms with E-state index in [1.807, 2.05) is 14.1 Å². The van der Waals surface area contributed by atoms with Crippen LogP contribution in [0.1, 0.15) is 29.5 Å². The second-order valence-corrected chi connectivity index (χ2v) is 9.55. The van der Waals surface area contributed by atoms with Crippen LogP contribution in [0.25, 0.3) is 4.85 Å². The summed E-state index contributed by atoms with van der Waals surface area (Å²) >= 11 is 12.2. The van der Waals surface area contributed by atoms with Crippen molar-refractivity contribution < 1.29 is 23.1 Å². The van der Waals surface area contributed by atoms with E-state index in [-0.39, 0.29) is 39.4 Å². The molecular formula is C23H20Cl2F3N3O2. The van der Waals surface area contributed by atoms with Gasteiger partial charge in [0.2, 0.25) is 0 Å². The molecular weight excluding hydrogens is 478 g/mol. The van der Waals surface area contributed by atoms with Crippen molar-refractivity contribution in [2.75, 3.05) is 25.5 Å². The number of aliphatic hydroxyl groups is 1. The van der Waals surface area contributed by atoms with E-state index >= 15 is 0 Å². The quantitative estimate of drug-likeness (QED) is 0.568. The molecule has 1 fully saturated rings. The molecule has 1 atom stereocenters. The predicted molar refractivity (Wildman–Crippen MR) is 120 cm³/mol. The number of anilines is 1. The van der Waals surface area contributed by atoms with Crippen LogP contribution >= 0.6 is 23.2 Å². The average molecular weight is 498 g/mol. The van der Waals surface area contributed by atoms with Gasteiger partial charge in [-0.15, -0.1) is 0 Å². The normalized spacial score (nSPS) is 24.6. The molecule has 2 aromatic rings. The molecule has 2 aliphatic rings. The third kappa shape index (κ3) is 3.87. The molecule has 10 heteroatoms. The third-order valence-corrected chi connectivity index (χ3v) is 6.99. The lowest BCUT2D eigenvalue weighted by molar-refractivity contribution is -0.142. The molecule has 33 heavy (non-hydrogen) atoms. The van der Waals surface area contributed by atoms with E-state index in [9.17, 15) is 23.1 Å². The Balaban J connectivity index is 1.91. The average Bonchev–Trinajstić information content (AvgIpc) is 2.90. The van der Waals surface area contributed by atoms with Crippen molar-refractivity contribution in [1.29, 1.82) is 0 Å². The minimum atomic E-state index is -4.92. The van der Waals surface area contributed by atoms with Gasteiger partial charge < -0.3 is 14.9 Å². The lowest BCUT2D eigenvalue weighted by Crippen LogP contribution is -2.48. The summed E-state index contributed by atoms with van der Waals surface area (Å²) in [6, 6.07) is 6.06. The molecule has 0 saturated heterocycles. The highest BCUT2D eigenvalue weighted by molar-refractivity contribution is 6.35. The number of rotatable bonds is 4. The molecule has 1 aliphatic carbocycles. The molecule has 1 amide bonds. The van der Waals surface area contributed by atoms with Gasteiger partial charge in [0.15, 0.2) is 11.3 Å². The first-order valence-corrected chi connectivity index (χ1v) is 10.9. The van der Waals surface area contributed by atoms with Crippen molar-refractivity contribution >= 4 is 40.5 Å². The predicted octanol–water partition coefficient (Wildman–Crippen LogP) is 5.49. The van der Waals surface area contributed by atoms with Gasteiger partial charge in [-0.25, -0.2) is 4.85 Å². The zero-order chi connectivity index (χ0) is 24.3. The molecule has 4 rings (SSSR count). The summed E-state index contributed by atoms with van der Waals surface area (Å²) in [6.45, 7) is 7.38. The van der Waals surface area contributed by atoms with Crippen LogP contribution in [0.4, 0.5) is 24.5 Å². The molecule has 0 spiro atoms. The summed E-state index contributed by atoms with van der Waals surface area (Å²) in [5.74, 6) is -0.883. The van der Waals surface area contributed by atoms with Crippen molar-refractivity contribution in [2.24, 2.45) is 5.92 Å². The number of hydrogen-bond acceptors (Lipinski definition) is 3. The van der Waals surface area contributed by atoms with Gasteiger partial charge in [0.1, 0.15) is 0 Å². The molecule has 1 saturated carbocycles. The highest BCUT2D eigenvalue weighted by Crippen LogP contribution is 2.53. The SMILES string of the molecule is [C-]#[N+]c1cc2c(c(C(F)(F)F)c1)C(O)(c1ccc(Cl)cc1Cl)C(=O)N2CC1CC(N(C)C)C1. The number of carbonyl (C=O) groups is 1. The number of fused-ring (bicyclic) bond motifs is 1. The zero-order valence-corrected chi connectivity index (χ0v) is 19.3. The standard InChI is InChI=1S/C23H20Cl2F3N3O2/c1-29-14-9-17(23(26,27)28)20-19(10-14)31(11-12-6-15(7-12)30(2)3)21(32)22(20,33)16-5-4-13(24)8-18(16)25/h4-5,8-10,12,15,33H,6-7,11H2,2-3H3. The second kappa shape index (κ2) is 8.17. The Bertz CT molecular complexity index is 1170. The summed E-state index contributed by atoms with van der Waals surface area (Å²) in [5.41, 5.74) is -5.11. The van der Waals surface area contributed by atoms with Crippen LogP contribution in [0, 0.1) is 12.5 Å². The fourth-order valence-electron chi connectivity index (χ4n) is 4.65. The molecule has 1 heterocycles. The Kier molecular flexibility index (Phi) is 5.90. The van der Waals surface area contributed by atoms with Gasteiger partial charge >= 0.3 is 6.18 Å². The van der Waals surface area contributed by atoms with Crippen LogP contribution in [0.15, 0.2) is 30.3 Å². The maximum atomic E-state index is 14.1. The number of nitrogens with zero attached hydrogens (tertiary/aromatic N) is 3. The number of benzene rings is 2. The van der Waals surface area contributed by atoms with E-state index in [4.69, 9.17) is 29.8 Å². The molecule has 174 valence electrons. The highest BCUT2D eigenvalue weighted by Gasteiger charge is 2.57. The Labute approximate surface area is 199 Å². The van der Waals surface area contributed by atoms with E-state index in [1.165, 1.54) is 29.2 Å². The smallest absolute Gasteiger partial charge is 0.372 e. The van der Waals surface area contributed by atoms with E-state index < -0.39 is 28.8 Å². The van der Waals surface area contributed by atoms with Gasteiger partial charge in [0, 0.05) is 39.4 Å². The van der Waals surface area contributed by atoms with Crippen LogP contribution in [-0.2, 0) is 16.6 Å². The molecule has 5 nitrogen and oxygen atoms in total. The number of amides is 1. The summed E-state index contributed by atoms with van der Waals surface area (Å²) in [4.78, 5) is 20.0. The lowest BCUT2D eigenvalue weighted by atomic mass is 9.79. The van der Waals surface area contributed by atoms with E-state index in [0.29, 0.717) is 12.1 Å². The van der Waals surface area contributed by atoms with Crippen LogP contribution < -0.4 is 4.90 Å². The molecule has 0 radical (unpaired) electrons. The first-order valence-electron chi connectivity index (χ1n) is 10.2. The Morgan fingerprint density at radius 3 is 2.45 bits per heavy atom. The Morgan fingerprint density at radius 1 is 1.24 bits per heavy atom. The maximum Gasteiger partial charge on any atom is 0.415 e. The number of carbonyl (C=O) groups excluding carboxylic acids is 1. The van der Waals surface area contributed by atoms with Crippen molar-refractivity contribution in [1.82, 2.24) is 4.90 Å². The minimum Gasteiger partial charge on any atom is -0.372 e. The van der Waals surface area contributed by atoms with E-state index in [1.54, 1.807) is 0 Å². The third-order valence-electron chi connectivity index (χ3n) is 6.45. The molecule has 1 unspecified atom stereocenters. The van der Waals surface area contributed by atoms with E-state index in [2.05, 4.69) is 9.74 Å². The van der Waals surface area contributed by atoms with Crippen molar-refractivity contribution in [2.45, 2.75) is 30.7 Å². The number of hydrogen-bond donors (Lipinski definition) is 1. The fraction of sp³-hybridized carbons (Fsp3) is 0.391. The maximum absolute atomic E-state index is 14.1. The summed E-state index contributed by atoms with van der Waals surface area (Å²) in [5, 5.41) is 11.7. The van der Waals surface area contributed by atoms with Crippen molar-refractivity contribution in [3.8, 4) is 0 Å². The summed E-state index contributed by atoms with van der Waals surface area (Å²) in [6.07, 6.45) is -3.39. The molecule has 2 aromatic carbocycles. The zero-order valence-electron chi connectivity index (χ0n) is 17.7. The largest absolute Gasteiger partial charge is 0.415 e. The first-order chi connectivity index (χ1) is 15.4. The topological polar surface area (TPSA) is 48.1 Å². The van der Waals surface area contributed by atoms with Crippen LogP contribution in [0.3, 0.4) is 0 Å². The van der Waals surface area contributed by atoms with Crippen molar-refractivity contribution in [3.05, 3.63) is 68.5 Å². The van der Waals surface area contributed by atoms with Gasteiger partial charge in [-0.3, -0.25) is 4.79 Å². The molecule has 1 aliphatic heterocycles. The summed E-state index contributed by atoms with van der Waals surface area (Å²) in [7, 11) is 3.88. The van der Waals surface area contributed by atoms with Crippen LogP contribution in [0.2, 0.25) is 10.0 Å². The fourth-order valence-corrected chi connectivity index (χ4v) is 5.19. The number of alkyl halides is 3. The highest BCUT2D eigenvalue weighted by atomic mass is 35.5. The lowest BCUT2D eigenvalue weighted by Gasteiger charge is -2.41. The monoisotopic (exact) mass is 497 g/mol. The Morgan fingerprint density at radius 2 is 1.91 bits per heavy atom. The van der Waals surface area contributed by atoms with E-state index in [0.717, 1.165) is 12.8 Å². The minimum absolute atomic E-state index is 0.0446. The molecule has 0 aromatic heterocycles. The Hall–Kier alpha value is -2.31. The van der Waals surface area contributed by atoms with Crippen molar-refractivity contribution in [3.63, 3.8) is 0 Å². The first kappa shape index (κ1) is 23.8. The summed E-state index contributed by atoms with van der Waals surface area (Å²) < 4.78 is 42.3. The van der Waals surface area contributed by atoms with Crippen LogP contribution in [0.5, 0.6) is 0 Å². The molecule has 1 N–H and O–H groups in total. The van der Waals surface area contributed by atoms with Gasteiger partial charge in [-0.05, 0) is 57.1 Å². The van der Waals surface area contributed by atoms with Crippen LogP contribution in [-0.4, -0.2) is 42.6 Å². The number of halogens is 5.